The predicted molar refractivity (Wildman–Crippen MR) is 313 cm³/mol. The van der Waals surface area contributed by atoms with E-state index in [2.05, 4.69) is 57.1 Å². The highest BCUT2D eigenvalue weighted by Gasteiger charge is 2.27. The van der Waals surface area contributed by atoms with E-state index in [4.69, 9.17) is 34.2 Å². The quantitative estimate of drug-likeness (QED) is 0.0125. The molecule has 0 aliphatic rings. The fourth-order valence-corrected chi connectivity index (χ4v) is 7.87. The summed E-state index contributed by atoms with van der Waals surface area (Å²) in [4.78, 5) is 64.3. The van der Waals surface area contributed by atoms with E-state index in [0.29, 0.717) is 62.0 Å². The topological polar surface area (TPSA) is 280 Å². The van der Waals surface area contributed by atoms with Gasteiger partial charge in [0.25, 0.3) is 5.69 Å². The highest BCUT2D eigenvalue weighted by Crippen LogP contribution is 2.40. The van der Waals surface area contributed by atoms with Crippen molar-refractivity contribution in [3.8, 4) is 57.1 Å². The first-order chi connectivity index (χ1) is 40.5. The zero-order chi connectivity index (χ0) is 60.3. The number of hydrogen-bond acceptors (Lipinski definition) is 19. The van der Waals surface area contributed by atoms with Crippen molar-refractivity contribution >= 4 is 34.9 Å². The van der Waals surface area contributed by atoms with Crippen LogP contribution in [0.4, 0.5) is 11.4 Å². The van der Waals surface area contributed by atoms with Crippen molar-refractivity contribution in [2.75, 3.05) is 32.2 Å². The average Bonchev–Trinajstić information content (AvgIpc) is 4.35. The number of nitrogens with two attached hydrogens (primary N) is 1. The first kappa shape index (κ1) is 60.7. The van der Waals surface area contributed by atoms with Gasteiger partial charge in [0.2, 0.25) is 11.6 Å². The molecule has 8 aromatic rings. The molecular weight excluding hydrogens is 1080 g/mol. The Morgan fingerprint density at radius 3 is 1.27 bits per heavy atom. The van der Waals surface area contributed by atoms with Crippen LogP contribution >= 0.6 is 0 Å². The van der Waals surface area contributed by atoms with Crippen molar-refractivity contribution in [1.29, 1.82) is 0 Å². The lowest BCUT2D eigenvalue weighted by Gasteiger charge is -2.20. The zero-order valence-electron chi connectivity index (χ0n) is 46.6. The average molecular weight is 1140 g/mol. The van der Waals surface area contributed by atoms with Gasteiger partial charge < -0.3 is 34.2 Å². The second-order valence-corrected chi connectivity index (χ2v) is 18.7. The summed E-state index contributed by atoms with van der Waals surface area (Å²) in [5.74, 6) is 0.191. The van der Waals surface area contributed by atoms with Crippen LogP contribution in [0.3, 0.4) is 0 Å². The minimum Gasteiger partial charge on any atom is -0.485 e. The molecule has 0 aliphatic heterocycles. The third-order valence-corrected chi connectivity index (χ3v) is 11.7. The van der Waals surface area contributed by atoms with Crippen LogP contribution in [0.1, 0.15) is 80.3 Å². The molecule has 84 heavy (non-hydrogen) atoms. The van der Waals surface area contributed by atoms with Gasteiger partial charge >= 0.3 is 11.9 Å². The number of aromatic nitrogens is 8. The van der Waals surface area contributed by atoms with Gasteiger partial charge in [-0.2, -0.15) is 0 Å². The predicted octanol–water partition coefficient (Wildman–Crippen LogP) is 10.4. The number of rotatable bonds is 27. The molecule has 0 unspecified atom stereocenters. The van der Waals surface area contributed by atoms with Crippen molar-refractivity contribution in [3.63, 3.8) is 0 Å². The molecule has 0 bridgehead atoms. The molecule has 2 aromatic heterocycles. The van der Waals surface area contributed by atoms with E-state index >= 15 is 0 Å². The van der Waals surface area contributed by atoms with Gasteiger partial charge in [-0.3, -0.25) is 19.7 Å². The molecule has 0 saturated carbocycles. The summed E-state index contributed by atoms with van der Waals surface area (Å²) in [6.45, 7) is 22.3. The van der Waals surface area contributed by atoms with Crippen LogP contribution in [0.2, 0.25) is 0 Å². The molecule has 22 heteroatoms. The van der Waals surface area contributed by atoms with Crippen molar-refractivity contribution in [1.82, 2.24) is 40.4 Å². The number of nitrogen functional groups attached to an aromatic ring is 1. The second-order valence-electron chi connectivity index (χ2n) is 18.7. The maximum absolute atomic E-state index is 13.5. The maximum Gasteiger partial charge on any atom is 0.338 e. The Hall–Kier alpha value is -10.9. The molecule has 0 saturated heterocycles. The van der Waals surface area contributed by atoms with E-state index in [1.807, 2.05) is 27.7 Å². The summed E-state index contributed by atoms with van der Waals surface area (Å²) in [6.07, 6.45) is 5.64. The Morgan fingerprint density at radius 1 is 0.536 bits per heavy atom. The van der Waals surface area contributed by atoms with Crippen LogP contribution in [-0.2, 0) is 22.3 Å². The minimum atomic E-state index is -0.492. The van der Waals surface area contributed by atoms with Gasteiger partial charge in [-0.1, -0.05) is 74.9 Å². The lowest BCUT2D eigenvalue weighted by Crippen LogP contribution is -2.15. The van der Waals surface area contributed by atoms with Gasteiger partial charge in [-0.15, -0.1) is 30.0 Å². The molecule has 430 valence electrons. The van der Waals surface area contributed by atoms with Crippen molar-refractivity contribution in [3.05, 3.63) is 215 Å². The monoisotopic (exact) mass is 1140 g/mol. The molecule has 6 aromatic carbocycles. The number of Topliss-reactive ketones (excluding diaryl/α,β-unsaturated/α-hetero) is 2. The first-order valence-electron chi connectivity index (χ1n) is 26.2. The van der Waals surface area contributed by atoms with Crippen LogP contribution in [0.15, 0.2) is 172 Å². The number of carbonyl (C=O) groups excluding carboxylic acids is 4. The summed E-state index contributed by atoms with van der Waals surface area (Å²) in [6, 6.07) is 32.7. The Morgan fingerprint density at radius 2 is 0.917 bits per heavy atom. The zero-order valence-corrected chi connectivity index (χ0v) is 46.6. The highest BCUT2D eigenvalue weighted by atomic mass is 16.6. The Bertz CT molecular complexity index is 3670. The van der Waals surface area contributed by atoms with Crippen LogP contribution < -0.4 is 24.7 Å². The van der Waals surface area contributed by atoms with Gasteiger partial charge in [-0.25, -0.2) is 9.59 Å². The number of benzene rings is 6. The molecule has 0 spiro atoms. The van der Waals surface area contributed by atoms with Gasteiger partial charge in [0.15, 0.2) is 34.6 Å². The van der Waals surface area contributed by atoms with Gasteiger partial charge in [0, 0.05) is 41.8 Å². The van der Waals surface area contributed by atoms with Crippen LogP contribution in [0, 0.1) is 10.1 Å². The molecule has 0 atom stereocenters. The van der Waals surface area contributed by atoms with E-state index in [0.717, 1.165) is 5.56 Å². The molecule has 2 N–H and O–H groups in total. The maximum atomic E-state index is 13.5. The van der Waals surface area contributed by atoms with E-state index in [9.17, 15) is 29.3 Å². The van der Waals surface area contributed by atoms with E-state index in [-0.39, 0.29) is 97.4 Å². The van der Waals surface area contributed by atoms with Crippen molar-refractivity contribution in [2.24, 2.45) is 0 Å². The van der Waals surface area contributed by atoms with Gasteiger partial charge in [0.05, 0.1) is 39.4 Å². The number of nitro groups is 1. The molecule has 8 rings (SSSR count). The van der Waals surface area contributed by atoms with Crippen molar-refractivity contribution in [2.45, 2.75) is 52.7 Å². The molecule has 0 aliphatic carbocycles. The lowest BCUT2D eigenvalue weighted by atomic mass is 10.00. The largest absolute Gasteiger partial charge is 0.485 e. The summed E-state index contributed by atoms with van der Waals surface area (Å²) in [5.41, 5.74) is 11.2. The number of non-ortho nitro benzene ring substituents is 1. The summed E-state index contributed by atoms with van der Waals surface area (Å²) >= 11 is 0. The Labute approximate surface area is 483 Å². The number of tetrazole rings is 2. The SMILES string of the molecule is C=CCOC(=O)c1ccc(CC(=O)c2ccc(-n3nnc(-c4ccc(N)cc4)n3)c(OC(C)C)c2OCC=C)cc1.C=CCOC(=O)c1ccc(CC(=O)c2ccc(-n3nnc(-c4ccc([N+](=O)[O-])cc4)n3)c(OC(C)C)c2OCC=C)cc1. The number of hydrogen-bond donors (Lipinski definition) is 1. The van der Waals surface area contributed by atoms with Crippen molar-refractivity contribution < 1.29 is 52.5 Å². The number of anilines is 1. The molecular formula is C62H60N10O12. The van der Waals surface area contributed by atoms with Crippen LogP contribution in [-0.4, -0.2) is 107 Å². The Kier molecular flexibility index (Phi) is 21.0. The van der Waals surface area contributed by atoms with Gasteiger partial charge in [-0.05, 0) is 134 Å². The molecule has 0 fully saturated rings. The highest BCUT2D eigenvalue weighted by molar-refractivity contribution is 6.02. The fourth-order valence-electron chi connectivity index (χ4n) is 7.87. The smallest absolute Gasteiger partial charge is 0.338 e. The minimum absolute atomic E-state index is 0.0266. The number of nitro benzene ring substituents is 1. The second kappa shape index (κ2) is 29.0. The van der Waals surface area contributed by atoms with Crippen LogP contribution in [0.25, 0.3) is 34.2 Å². The van der Waals surface area contributed by atoms with Crippen LogP contribution in [0.5, 0.6) is 23.0 Å². The Balaban J connectivity index is 0.000000241. The number of esters is 2. The normalized spacial score (nSPS) is 10.7. The van der Waals surface area contributed by atoms with Gasteiger partial charge in [0.1, 0.15) is 37.8 Å². The standard InChI is InChI=1S/C31H29N5O7.C31H31N5O5/c1-5-17-41-28-25(27(37)19-21-7-9-23(10-8-21)31(38)42-18-6-2)15-16-26(29(28)43-20(3)4)35-33-30(32-34-35)22-11-13-24(14-12-22)36(39)40;1-5-17-39-28-25(27(37)19-21-7-9-23(10-8-21)31(38)40-18-6-2)15-16-26(29(28)41-20(3)4)36-34-30(33-35-36)22-11-13-24(32)14-12-22/h5-16,20H,1-2,17-19H2,3-4H3;5-16,20H,1-2,17-19,32H2,3-4H3. The summed E-state index contributed by atoms with van der Waals surface area (Å²) < 4.78 is 34.4. The molecule has 0 radical (unpaired) electrons. The summed E-state index contributed by atoms with van der Waals surface area (Å²) in [5, 5.41) is 36.6. The van der Waals surface area contributed by atoms with E-state index in [1.54, 1.807) is 109 Å². The van der Waals surface area contributed by atoms with E-state index in [1.165, 1.54) is 46.0 Å². The molecule has 0 amide bonds. The number of nitrogens with zero attached hydrogens (tertiary/aromatic N) is 9. The number of carbonyl (C=O) groups is 4. The third-order valence-electron chi connectivity index (χ3n) is 11.7. The number of ether oxygens (including phenoxy) is 6. The molecule has 2 heterocycles. The van der Waals surface area contributed by atoms with E-state index < -0.39 is 16.9 Å². The fraction of sp³-hybridized carbons (Fsp3) is 0.194. The third kappa shape index (κ3) is 15.7. The first-order valence-corrected chi connectivity index (χ1v) is 26.2. The number of ketones is 2. The molecule has 22 nitrogen and oxygen atoms in total. The lowest BCUT2D eigenvalue weighted by molar-refractivity contribution is -0.384. The summed E-state index contributed by atoms with van der Waals surface area (Å²) in [7, 11) is 0.